The molecule has 120 valence electrons. The molecule has 0 unspecified atom stereocenters. The Bertz CT molecular complexity index is 559. The van der Waals surface area contributed by atoms with Crippen molar-refractivity contribution in [3.63, 3.8) is 0 Å². The largest absolute Gasteiger partial charge is 0.482 e. The number of hydrogen-bond donors (Lipinski definition) is 1. The molecule has 0 radical (unpaired) electrons. The third kappa shape index (κ3) is 3.69. The van der Waals surface area contributed by atoms with Crippen molar-refractivity contribution in [2.45, 2.75) is 39.0 Å². The van der Waals surface area contributed by atoms with E-state index in [4.69, 9.17) is 9.47 Å². The summed E-state index contributed by atoms with van der Waals surface area (Å²) in [6, 6.07) is 7.26. The number of nitrogens with one attached hydrogen (secondary N) is 1. The third-order valence-electron chi connectivity index (χ3n) is 3.29. The third-order valence-corrected chi connectivity index (χ3v) is 3.29. The van der Waals surface area contributed by atoms with Crippen LogP contribution < -0.4 is 14.8 Å². The highest BCUT2D eigenvalue weighted by atomic mass is 16.6. The van der Waals surface area contributed by atoms with E-state index in [-0.39, 0.29) is 24.4 Å². The number of fused-ring (bicyclic) bond motifs is 1. The van der Waals surface area contributed by atoms with Crippen LogP contribution in [0.2, 0.25) is 0 Å². The summed E-state index contributed by atoms with van der Waals surface area (Å²) in [5.41, 5.74) is 0. The summed E-state index contributed by atoms with van der Waals surface area (Å²) in [5, 5.41) is 2.75. The lowest BCUT2D eigenvalue weighted by Gasteiger charge is -2.33. The van der Waals surface area contributed by atoms with Gasteiger partial charge in [-0.3, -0.25) is 9.59 Å². The van der Waals surface area contributed by atoms with Gasteiger partial charge in [-0.15, -0.1) is 0 Å². The second-order valence-corrected chi connectivity index (χ2v) is 5.72. The van der Waals surface area contributed by atoms with Gasteiger partial charge in [0, 0.05) is 13.1 Å². The fraction of sp³-hybridized carbons (Fsp3) is 0.500. The average molecular weight is 306 g/mol. The maximum absolute atomic E-state index is 12.5. The van der Waals surface area contributed by atoms with E-state index in [0.717, 1.165) is 0 Å². The molecule has 0 saturated heterocycles. The molecule has 2 rings (SSSR count). The number of rotatable bonds is 4. The Kier molecular flexibility index (Phi) is 4.90. The molecule has 0 aliphatic carbocycles. The maximum Gasteiger partial charge on any atom is 0.267 e. The highest BCUT2D eigenvalue weighted by Gasteiger charge is 2.36. The fourth-order valence-electron chi connectivity index (χ4n) is 2.27. The summed E-state index contributed by atoms with van der Waals surface area (Å²) in [4.78, 5) is 25.6. The van der Waals surface area contributed by atoms with Gasteiger partial charge in [0.1, 0.15) is 6.10 Å². The minimum absolute atomic E-state index is 0.00869. The monoisotopic (exact) mass is 306 g/mol. The van der Waals surface area contributed by atoms with E-state index in [0.29, 0.717) is 11.5 Å². The molecule has 6 nitrogen and oxygen atoms in total. The van der Waals surface area contributed by atoms with Crippen LogP contribution in [0.5, 0.6) is 11.5 Å². The van der Waals surface area contributed by atoms with Crippen LogP contribution in [0.1, 0.15) is 20.8 Å². The molecule has 0 spiro atoms. The summed E-state index contributed by atoms with van der Waals surface area (Å²) in [5.74, 6) is 0.690. The van der Waals surface area contributed by atoms with Crippen LogP contribution in [0.3, 0.4) is 0 Å². The van der Waals surface area contributed by atoms with Crippen molar-refractivity contribution >= 4 is 11.8 Å². The minimum Gasteiger partial charge on any atom is -0.482 e. The van der Waals surface area contributed by atoms with E-state index in [1.54, 1.807) is 26.1 Å². The number of hydrogen-bond acceptors (Lipinski definition) is 4. The Morgan fingerprint density at radius 1 is 1.23 bits per heavy atom. The van der Waals surface area contributed by atoms with Crippen LogP contribution in [-0.4, -0.2) is 48.6 Å². The quantitative estimate of drug-likeness (QED) is 0.907. The van der Waals surface area contributed by atoms with Gasteiger partial charge in [-0.2, -0.15) is 0 Å². The lowest BCUT2D eigenvalue weighted by Crippen LogP contribution is -2.51. The second kappa shape index (κ2) is 6.68. The fourth-order valence-corrected chi connectivity index (χ4v) is 2.27. The topological polar surface area (TPSA) is 67.9 Å². The number of ether oxygens (including phenoxy) is 2. The van der Waals surface area contributed by atoms with Gasteiger partial charge in [-0.1, -0.05) is 12.1 Å². The van der Waals surface area contributed by atoms with Crippen LogP contribution in [0.25, 0.3) is 0 Å². The van der Waals surface area contributed by atoms with Gasteiger partial charge >= 0.3 is 0 Å². The van der Waals surface area contributed by atoms with Gasteiger partial charge in [0.05, 0.1) is 6.54 Å². The zero-order chi connectivity index (χ0) is 16.3. The zero-order valence-electron chi connectivity index (χ0n) is 13.3. The van der Waals surface area contributed by atoms with Crippen molar-refractivity contribution in [1.82, 2.24) is 10.2 Å². The van der Waals surface area contributed by atoms with Crippen LogP contribution in [0.4, 0.5) is 0 Å². The Morgan fingerprint density at radius 2 is 1.82 bits per heavy atom. The standard InChI is InChI=1S/C16H22N2O4/c1-10(2)17-14(19)9-18(4)16(20)15-11(3)21-12-7-5-6-8-13(12)22-15/h5-8,10-11,15H,9H2,1-4H3,(H,17,19)/t11-,15-/m0/s1. The molecule has 0 bridgehead atoms. The Morgan fingerprint density at radius 3 is 2.41 bits per heavy atom. The number of benzene rings is 1. The first kappa shape index (κ1) is 16.1. The lowest BCUT2D eigenvalue weighted by atomic mass is 10.1. The van der Waals surface area contributed by atoms with Gasteiger partial charge in [-0.25, -0.2) is 0 Å². The van der Waals surface area contributed by atoms with Gasteiger partial charge in [0.25, 0.3) is 5.91 Å². The first-order valence-corrected chi connectivity index (χ1v) is 7.35. The van der Waals surface area contributed by atoms with Crippen molar-refractivity contribution in [3.05, 3.63) is 24.3 Å². The number of nitrogens with zero attached hydrogens (tertiary/aromatic N) is 1. The molecule has 2 amide bonds. The second-order valence-electron chi connectivity index (χ2n) is 5.72. The Hall–Kier alpha value is -2.24. The van der Waals surface area contributed by atoms with E-state index in [1.165, 1.54) is 4.90 Å². The highest BCUT2D eigenvalue weighted by Crippen LogP contribution is 2.33. The van der Waals surface area contributed by atoms with E-state index < -0.39 is 12.2 Å². The van der Waals surface area contributed by atoms with E-state index >= 15 is 0 Å². The Labute approximate surface area is 130 Å². The molecule has 1 heterocycles. The molecule has 1 aromatic rings. The Balaban J connectivity index is 2.02. The SMILES string of the molecule is CC(C)NC(=O)CN(C)C(=O)[C@H]1Oc2ccccc2O[C@H]1C. The van der Waals surface area contributed by atoms with E-state index in [1.807, 2.05) is 26.0 Å². The summed E-state index contributed by atoms with van der Waals surface area (Å²) in [7, 11) is 1.58. The van der Waals surface area contributed by atoms with Crippen molar-refractivity contribution in [1.29, 1.82) is 0 Å². The van der Waals surface area contributed by atoms with Crippen LogP contribution in [0, 0.1) is 0 Å². The molecule has 2 atom stereocenters. The maximum atomic E-state index is 12.5. The molecule has 22 heavy (non-hydrogen) atoms. The van der Waals surface area contributed by atoms with Gasteiger partial charge in [0.2, 0.25) is 12.0 Å². The summed E-state index contributed by atoms with van der Waals surface area (Å²) in [6.45, 7) is 5.51. The molecular formula is C16H22N2O4. The lowest BCUT2D eigenvalue weighted by molar-refractivity contribution is -0.145. The van der Waals surface area contributed by atoms with E-state index in [9.17, 15) is 9.59 Å². The summed E-state index contributed by atoms with van der Waals surface area (Å²) < 4.78 is 11.5. The molecule has 0 fully saturated rings. The minimum atomic E-state index is -0.758. The van der Waals surface area contributed by atoms with Crippen LogP contribution >= 0.6 is 0 Å². The van der Waals surface area contributed by atoms with Crippen molar-refractivity contribution in [2.75, 3.05) is 13.6 Å². The molecule has 1 N–H and O–H groups in total. The smallest absolute Gasteiger partial charge is 0.267 e. The molecule has 0 saturated carbocycles. The molecular weight excluding hydrogens is 284 g/mol. The van der Waals surface area contributed by atoms with Gasteiger partial charge in [0.15, 0.2) is 11.5 Å². The molecule has 6 heteroatoms. The van der Waals surface area contributed by atoms with Crippen molar-refractivity contribution < 1.29 is 19.1 Å². The average Bonchev–Trinajstić information content (AvgIpc) is 2.44. The summed E-state index contributed by atoms with van der Waals surface area (Å²) in [6.07, 6.45) is -1.18. The molecule has 1 aromatic carbocycles. The number of carbonyl (C=O) groups is 2. The van der Waals surface area contributed by atoms with Crippen molar-refractivity contribution in [3.8, 4) is 11.5 Å². The molecule has 1 aliphatic rings. The number of carbonyl (C=O) groups excluding carboxylic acids is 2. The predicted molar refractivity (Wildman–Crippen MR) is 81.9 cm³/mol. The highest BCUT2D eigenvalue weighted by molar-refractivity contribution is 5.87. The van der Waals surface area contributed by atoms with Crippen LogP contribution in [0.15, 0.2) is 24.3 Å². The van der Waals surface area contributed by atoms with E-state index in [2.05, 4.69) is 5.32 Å². The van der Waals surface area contributed by atoms with Crippen molar-refractivity contribution in [2.24, 2.45) is 0 Å². The summed E-state index contributed by atoms with van der Waals surface area (Å²) >= 11 is 0. The number of para-hydroxylation sites is 2. The number of amides is 2. The number of likely N-dealkylation sites (N-methyl/N-ethyl adjacent to an activating group) is 1. The van der Waals surface area contributed by atoms with Crippen LogP contribution in [-0.2, 0) is 9.59 Å². The van der Waals surface area contributed by atoms with Gasteiger partial charge in [-0.05, 0) is 32.9 Å². The first-order chi connectivity index (χ1) is 10.4. The molecule has 1 aliphatic heterocycles. The predicted octanol–water partition coefficient (Wildman–Crippen LogP) is 1.20. The molecule has 0 aromatic heterocycles. The first-order valence-electron chi connectivity index (χ1n) is 7.35. The van der Waals surface area contributed by atoms with Gasteiger partial charge < -0.3 is 19.7 Å². The zero-order valence-corrected chi connectivity index (χ0v) is 13.3. The normalized spacial score (nSPS) is 19.7.